The second kappa shape index (κ2) is 5.40. The minimum atomic E-state index is -0.931. The third kappa shape index (κ3) is 3.01. The van der Waals surface area contributed by atoms with Gasteiger partial charge in [-0.15, -0.1) is 0 Å². The van der Waals surface area contributed by atoms with Crippen LogP contribution in [0.15, 0.2) is 18.2 Å². The highest BCUT2D eigenvalue weighted by molar-refractivity contribution is 6.68. The lowest BCUT2D eigenvalue weighted by Gasteiger charge is -2.03. The number of hydrogen-bond donors (Lipinski definition) is 1. The summed E-state index contributed by atoms with van der Waals surface area (Å²) < 4.78 is 0. The third-order valence-corrected chi connectivity index (χ3v) is 2.21. The zero-order valence-electron chi connectivity index (χ0n) is 8.90. The Hall–Kier alpha value is -1.95. The molecular weight excluding hydrogens is 248 g/mol. The molecule has 0 saturated carbocycles. The van der Waals surface area contributed by atoms with Crippen LogP contribution in [0.5, 0.6) is 0 Å². The number of hydrogen-bond acceptors (Lipinski definition) is 4. The first-order chi connectivity index (χ1) is 7.97. The smallest absolute Gasteiger partial charge is 0.282 e. The van der Waals surface area contributed by atoms with Crippen molar-refractivity contribution in [2.75, 3.05) is 6.54 Å². The number of nitrogens with zero attached hydrogens (tertiary/aromatic N) is 1. The van der Waals surface area contributed by atoms with Crippen molar-refractivity contribution in [1.29, 1.82) is 0 Å². The predicted octanol–water partition coefficient (Wildman–Crippen LogP) is 1.72. The molecule has 1 aromatic carbocycles. The van der Waals surface area contributed by atoms with Crippen molar-refractivity contribution in [3.63, 3.8) is 0 Å². The average Bonchev–Trinajstić information content (AvgIpc) is 2.28. The maximum Gasteiger partial charge on any atom is 0.282 e. The molecule has 1 aromatic rings. The number of rotatable bonds is 4. The Labute approximate surface area is 102 Å². The molecule has 0 unspecified atom stereocenters. The fraction of sp³-hybridized carbons (Fsp3) is 0.200. The van der Waals surface area contributed by atoms with E-state index in [-0.39, 0.29) is 11.1 Å². The molecule has 0 fully saturated rings. The molecule has 6 nitrogen and oxygen atoms in total. The van der Waals surface area contributed by atoms with Crippen LogP contribution in [0.3, 0.4) is 0 Å². The van der Waals surface area contributed by atoms with E-state index in [9.17, 15) is 19.7 Å². The quantitative estimate of drug-likeness (QED) is 0.505. The van der Waals surface area contributed by atoms with Crippen molar-refractivity contribution >= 4 is 28.4 Å². The zero-order chi connectivity index (χ0) is 13.0. The Bertz CT molecular complexity index is 487. The van der Waals surface area contributed by atoms with Crippen molar-refractivity contribution in [3.8, 4) is 0 Å². The lowest BCUT2D eigenvalue weighted by atomic mass is 10.1. The van der Waals surface area contributed by atoms with E-state index in [1.807, 2.05) is 0 Å². The SMILES string of the molecule is CCNC(=O)c1ccc(C(=O)Cl)c([N+](=O)[O-])c1. The molecule has 0 bridgehead atoms. The van der Waals surface area contributed by atoms with Gasteiger partial charge in [-0.25, -0.2) is 0 Å². The first-order valence-corrected chi connectivity index (χ1v) is 5.11. The summed E-state index contributed by atoms with van der Waals surface area (Å²) in [7, 11) is 0. The summed E-state index contributed by atoms with van der Waals surface area (Å²) in [5.41, 5.74) is -0.598. The lowest BCUT2D eigenvalue weighted by Crippen LogP contribution is -2.22. The van der Waals surface area contributed by atoms with E-state index < -0.39 is 21.8 Å². The summed E-state index contributed by atoms with van der Waals surface area (Å²) in [6.07, 6.45) is 0. The molecule has 0 radical (unpaired) electrons. The van der Waals surface area contributed by atoms with Crippen LogP contribution in [0.1, 0.15) is 27.6 Å². The van der Waals surface area contributed by atoms with E-state index in [0.29, 0.717) is 6.54 Å². The van der Waals surface area contributed by atoms with Crippen LogP contribution in [0.2, 0.25) is 0 Å². The van der Waals surface area contributed by atoms with Crippen LogP contribution in [0.25, 0.3) is 0 Å². The van der Waals surface area contributed by atoms with Gasteiger partial charge in [0, 0.05) is 18.2 Å². The molecule has 17 heavy (non-hydrogen) atoms. The molecule has 0 atom stereocenters. The number of amides is 1. The normalized spacial score (nSPS) is 9.76. The van der Waals surface area contributed by atoms with Crippen molar-refractivity contribution in [2.24, 2.45) is 0 Å². The highest BCUT2D eigenvalue weighted by Crippen LogP contribution is 2.22. The molecule has 0 aliphatic heterocycles. The fourth-order valence-electron chi connectivity index (χ4n) is 1.25. The van der Waals surface area contributed by atoms with Crippen LogP contribution in [0, 0.1) is 10.1 Å². The second-order valence-corrected chi connectivity index (χ2v) is 3.47. The summed E-state index contributed by atoms with van der Waals surface area (Å²) in [6.45, 7) is 2.13. The Balaban J connectivity index is 3.23. The molecule has 1 N–H and O–H groups in total. The Morgan fingerprint density at radius 2 is 2.12 bits per heavy atom. The van der Waals surface area contributed by atoms with Crippen LogP contribution >= 0.6 is 11.6 Å². The third-order valence-electron chi connectivity index (χ3n) is 2.01. The number of benzene rings is 1. The number of nitro groups is 1. The first-order valence-electron chi connectivity index (χ1n) is 4.73. The molecule has 0 heterocycles. The van der Waals surface area contributed by atoms with E-state index in [2.05, 4.69) is 5.32 Å². The Kier molecular flexibility index (Phi) is 4.17. The maximum atomic E-state index is 11.4. The van der Waals surface area contributed by atoms with E-state index in [4.69, 9.17) is 11.6 Å². The number of carbonyl (C=O) groups is 2. The molecule has 0 aromatic heterocycles. The molecule has 0 aliphatic carbocycles. The predicted molar refractivity (Wildman–Crippen MR) is 61.3 cm³/mol. The highest BCUT2D eigenvalue weighted by Gasteiger charge is 2.20. The second-order valence-electron chi connectivity index (χ2n) is 3.12. The molecule has 7 heteroatoms. The van der Waals surface area contributed by atoms with Gasteiger partial charge >= 0.3 is 0 Å². The summed E-state index contributed by atoms with van der Waals surface area (Å²) in [4.78, 5) is 32.4. The van der Waals surface area contributed by atoms with Gasteiger partial charge in [-0.1, -0.05) is 0 Å². The van der Waals surface area contributed by atoms with Gasteiger partial charge in [0.25, 0.3) is 16.8 Å². The van der Waals surface area contributed by atoms with Gasteiger partial charge < -0.3 is 5.32 Å². The van der Waals surface area contributed by atoms with Gasteiger partial charge in [0.2, 0.25) is 0 Å². The monoisotopic (exact) mass is 256 g/mol. The number of carbonyl (C=O) groups excluding carboxylic acids is 2. The summed E-state index contributed by atoms with van der Waals surface area (Å²) in [5, 5.41) is 12.3. The van der Waals surface area contributed by atoms with Crippen LogP contribution in [0.4, 0.5) is 5.69 Å². The number of nitro benzene ring substituents is 1. The summed E-state index contributed by atoms with van der Waals surface area (Å²) >= 11 is 5.20. The van der Waals surface area contributed by atoms with Crippen LogP contribution < -0.4 is 5.32 Å². The standard InChI is InChI=1S/C10H9ClN2O4/c1-2-12-10(15)6-3-4-7(9(11)14)8(5-6)13(16)17/h3-5H,2H2,1H3,(H,12,15). The highest BCUT2D eigenvalue weighted by atomic mass is 35.5. The van der Waals surface area contributed by atoms with Crippen LogP contribution in [-0.4, -0.2) is 22.6 Å². The first kappa shape index (κ1) is 13.1. The van der Waals surface area contributed by atoms with E-state index in [0.717, 1.165) is 12.1 Å². The van der Waals surface area contributed by atoms with Crippen molar-refractivity contribution < 1.29 is 14.5 Å². The molecule has 0 aliphatic rings. The van der Waals surface area contributed by atoms with Gasteiger partial charge in [0.15, 0.2) is 0 Å². The van der Waals surface area contributed by atoms with Crippen molar-refractivity contribution in [1.82, 2.24) is 5.32 Å². The minimum absolute atomic E-state index is 0.111. The molecule has 1 rings (SSSR count). The molecule has 1 amide bonds. The van der Waals surface area contributed by atoms with Gasteiger partial charge in [-0.2, -0.15) is 0 Å². The zero-order valence-corrected chi connectivity index (χ0v) is 9.65. The van der Waals surface area contributed by atoms with Gasteiger partial charge in [0.05, 0.1) is 4.92 Å². The van der Waals surface area contributed by atoms with Crippen molar-refractivity contribution in [2.45, 2.75) is 6.92 Å². The molecular formula is C10H9ClN2O4. The maximum absolute atomic E-state index is 11.4. The minimum Gasteiger partial charge on any atom is -0.352 e. The van der Waals surface area contributed by atoms with Crippen molar-refractivity contribution in [3.05, 3.63) is 39.4 Å². The lowest BCUT2D eigenvalue weighted by molar-refractivity contribution is -0.385. The number of halogens is 1. The van der Waals surface area contributed by atoms with Gasteiger partial charge in [-0.3, -0.25) is 19.7 Å². The summed E-state index contributed by atoms with van der Waals surface area (Å²) in [6, 6.07) is 3.51. The topological polar surface area (TPSA) is 89.3 Å². The van der Waals surface area contributed by atoms with Gasteiger partial charge in [0.1, 0.15) is 5.56 Å². The van der Waals surface area contributed by atoms with E-state index in [1.54, 1.807) is 6.92 Å². The van der Waals surface area contributed by atoms with E-state index in [1.165, 1.54) is 6.07 Å². The van der Waals surface area contributed by atoms with Gasteiger partial charge in [-0.05, 0) is 30.7 Å². The molecule has 90 valence electrons. The Morgan fingerprint density at radius 3 is 2.59 bits per heavy atom. The summed E-state index contributed by atoms with van der Waals surface area (Å²) in [5.74, 6) is -0.441. The molecule has 0 saturated heterocycles. The average molecular weight is 257 g/mol. The Morgan fingerprint density at radius 1 is 1.47 bits per heavy atom. The fourth-order valence-corrected chi connectivity index (χ4v) is 1.41. The van der Waals surface area contributed by atoms with Crippen LogP contribution in [-0.2, 0) is 0 Å². The van der Waals surface area contributed by atoms with E-state index >= 15 is 0 Å². The number of nitrogens with one attached hydrogen (secondary N) is 1. The molecule has 0 spiro atoms. The largest absolute Gasteiger partial charge is 0.352 e.